The first-order chi connectivity index (χ1) is 13.5. The van der Waals surface area contributed by atoms with Crippen LogP contribution >= 0.6 is 0 Å². The number of benzene rings is 2. The molecule has 0 saturated carbocycles. The van der Waals surface area contributed by atoms with E-state index in [2.05, 4.69) is 4.98 Å². The predicted molar refractivity (Wildman–Crippen MR) is 106 cm³/mol. The minimum absolute atomic E-state index is 0.285. The summed E-state index contributed by atoms with van der Waals surface area (Å²) in [5.74, 6) is 1.22. The number of rotatable bonds is 6. The fourth-order valence-electron chi connectivity index (χ4n) is 3.00. The maximum absolute atomic E-state index is 12.7. The summed E-state index contributed by atoms with van der Waals surface area (Å²) < 4.78 is 17.5. The van der Waals surface area contributed by atoms with Crippen LogP contribution in [-0.2, 0) is 4.79 Å². The Morgan fingerprint density at radius 3 is 2.32 bits per heavy atom. The maximum atomic E-state index is 12.7. The first-order valence-electron chi connectivity index (χ1n) is 8.95. The minimum atomic E-state index is -0.409. The second-order valence-corrected chi connectivity index (χ2v) is 6.26. The van der Waals surface area contributed by atoms with E-state index in [9.17, 15) is 9.59 Å². The van der Waals surface area contributed by atoms with Gasteiger partial charge in [-0.2, -0.15) is 4.98 Å². The highest BCUT2D eigenvalue weighted by Crippen LogP contribution is 2.33. The Morgan fingerprint density at radius 2 is 1.71 bits per heavy atom. The zero-order valence-electron chi connectivity index (χ0n) is 16.3. The Labute approximate surface area is 162 Å². The molecule has 0 bridgehead atoms. The Hall–Kier alpha value is -3.35. The number of esters is 1. The first-order valence-corrected chi connectivity index (χ1v) is 8.95. The van der Waals surface area contributed by atoms with Crippen molar-refractivity contribution < 1.29 is 19.0 Å². The minimum Gasteiger partial charge on any atom is -0.493 e. The lowest BCUT2D eigenvalue weighted by Gasteiger charge is -2.15. The molecule has 28 heavy (non-hydrogen) atoms. The molecule has 2 aromatic carbocycles. The predicted octanol–water partition coefficient (Wildman–Crippen LogP) is 3.42. The number of carbonyl (C=O) groups excluding carboxylic acids is 1. The molecule has 3 rings (SSSR count). The van der Waals surface area contributed by atoms with Gasteiger partial charge in [0, 0.05) is 17.9 Å². The van der Waals surface area contributed by atoms with Gasteiger partial charge in [0.1, 0.15) is 5.75 Å². The fraction of sp³-hybridized carbons (Fsp3) is 0.286. The van der Waals surface area contributed by atoms with Crippen LogP contribution in [0.5, 0.6) is 17.2 Å². The lowest BCUT2D eigenvalue weighted by molar-refractivity contribution is -0.134. The number of hydrogen-bond acceptors (Lipinski definition) is 6. The highest BCUT2D eigenvalue weighted by Gasteiger charge is 2.15. The van der Waals surface area contributed by atoms with Gasteiger partial charge >= 0.3 is 11.7 Å². The molecular formula is C21H22N2O5. The van der Waals surface area contributed by atoms with Crippen LogP contribution in [-0.4, -0.2) is 29.7 Å². The van der Waals surface area contributed by atoms with Gasteiger partial charge in [-0.05, 0) is 43.7 Å². The second-order valence-electron chi connectivity index (χ2n) is 6.26. The van der Waals surface area contributed by atoms with E-state index in [0.717, 1.165) is 11.8 Å². The summed E-state index contributed by atoms with van der Waals surface area (Å²) in [4.78, 5) is 28.4. The van der Waals surface area contributed by atoms with Gasteiger partial charge in [0.05, 0.1) is 31.1 Å². The molecule has 3 aromatic rings. The van der Waals surface area contributed by atoms with Crippen LogP contribution in [0.3, 0.4) is 0 Å². The third-order valence-corrected chi connectivity index (χ3v) is 4.37. The number of nitrogens with zero attached hydrogens (tertiary/aromatic N) is 2. The van der Waals surface area contributed by atoms with E-state index < -0.39 is 5.69 Å². The highest BCUT2D eigenvalue weighted by atomic mass is 16.5. The summed E-state index contributed by atoms with van der Waals surface area (Å²) in [7, 11) is 3.10. The van der Waals surface area contributed by atoms with Gasteiger partial charge in [0.25, 0.3) is 0 Å². The Kier molecular flexibility index (Phi) is 5.63. The number of aryl methyl sites for hydroxylation is 1. The molecule has 0 saturated heterocycles. The van der Waals surface area contributed by atoms with E-state index in [1.165, 1.54) is 4.57 Å². The monoisotopic (exact) mass is 382 g/mol. The smallest absolute Gasteiger partial charge is 0.352 e. The molecule has 0 atom stereocenters. The number of fused-ring (bicyclic) bond motifs is 1. The zero-order chi connectivity index (χ0) is 20.3. The molecule has 0 radical (unpaired) electrons. The molecular weight excluding hydrogens is 360 g/mol. The van der Waals surface area contributed by atoms with E-state index in [1.54, 1.807) is 57.5 Å². The van der Waals surface area contributed by atoms with Crippen molar-refractivity contribution >= 4 is 16.9 Å². The van der Waals surface area contributed by atoms with Gasteiger partial charge in [0.2, 0.25) is 0 Å². The van der Waals surface area contributed by atoms with Gasteiger partial charge in [-0.15, -0.1) is 0 Å². The molecule has 146 valence electrons. The number of methoxy groups -OCH3 is 2. The number of carbonyl (C=O) groups is 1. The molecule has 0 aliphatic heterocycles. The molecule has 7 nitrogen and oxygen atoms in total. The van der Waals surface area contributed by atoms with Crippen LogP contribution in [0.4, 0.5) is 0 Å². The van der Waals surface area contributed by atoms with Crippen LogP contribution in [0.1, 0.15) is 25.5 Å². The van der Waals surface area contributed by atoms with Crippen molar-refractivity contribution in [2.45, 2.75) is 26.7 Å². The van der Waals surface area contributed by atoms with Crippen LogP contribution in [0, 0.1) is 6.92 Å². The maximum Gasteiger partial charge on any atom is 0.352 e. The summed E-state index contributed by atoms with van der Waals surface area (Å²) in [6.07, 6.45) is 1.08. The average molecular weight is 382 g/mol. The summed E-state index contributed by atoms with van der Waals surface area (Å²) in [6.45, 7) is 3.69. The average Bonchev–Trinajstić information content (AvgIpc) is 2.68. The number of aromatic nitrogens is 2. The molecule has 0 unspecified atom stereocenters. The van der Waals surface area contributed by atoms with Gasteiger partial charge in [0.15, 0.2) is 11.5 Å². The molecule has 0 fully saturated rings. The van der Waals surface area contributed by atoms with Gasteiger partial charge < -0.3 is 14.2 Å². The molecule has 0 aliphatic carbocycles. The van der Waals surface area contributed by atoms with E-state index in [4.69, 9.17) is 14.2 Å². The fourth-order valence-corrected chi connectivity index (χ4v) is 3.00. The van der Waals surface area contributed by atoms with Crippen molar-refractivity contribution in [2.24, 2.45) is 0 Å². The molecule has 0 spiro atoms. The third kappa shape index (κ3) is 3.69. The van der Waals surface area contributed by atoms with Crippen molar-refractivity contribution in [1.29, 1.82) is 0 Å². The van der Waals surface area contributed by atoms with Gasteiger partial charge in [-0.1, -0.05) is 6.92 Å². The lowest BCUT2D eigenvalue weighted by atomic mass is 10.1. The standard InChI is InChI=1S/C21H22N2O5/c1-5-6-20(24)28-15-9-7-14(8-10-15)23-17-12-19(27-4)18(26-3)11-16(17)13(2)22-21(23)25/h7-12H,5-6H2,1-4H3. The molecule has 1 aromatic heterocycles. The molecule has 0 aliphatic rings. The number of ether oxygens (including phenoxy) is 3. The Morgan fingerprint density at radius 1 is 1.07 bits per heavy atom. The quantitative estimate of drug-likeness (QED) is 0.480. The van der Waals surface area contributed by atoms with Gasteiger partial charge in [-0.3, -0.25) is 9.36 Å². The number of hydrogen-bond donors (Lipinski definition) is 0. The normalized spacial score (nSPS) is 10.7. The molecule has 7 heteroatoms. The largest absolute Gasteiger partial charge is 0.493 e. The Bertz CT molecular complexity index is 1070. The summed E-state index contributed by atoms with van der Waals surface area (Å²) in [5.41, 5.74) is 1.44. The van der Waals surface area contributed by atoms with Crippen molar-refractivity contribution in [2.75, 3.05) is 14.2 Å². The second kappa shape index (κ2) is 8.12. The topological polar surface area (TPSA) is 79.7 Å². The van der Waals surface area contributed by atoms with E-state index in [-0.39, 0.29) is 5.97 Å². The SMILES string of the molecule is CCCC(=O)Oc1ccc(-n2c(=O)nc(C)c3cc(OC)c(OC)cc32)cc1. The van der Waals surface area contributed by atoms with Crippen LogP contribution in [0.25, 0.3) is 16.6 Å². The first kappa shape index (κ1) is 19.4. The van der Waals surface area contributed by atoms with Crippen molar-refractivity contribution in [3.8, 4) is 22.9 Å². The van der Waals surface area contributed by atoms with Gasteiger partial charge in [-0.25, -0.2) is 4.79 Å². The van der Waals surface area contributed by atoms with Crippen LogP contribution < -0.4 is 19.9 Å². The summed E-state index contributed by atoms with van der Waals surface area (Å²) >= 11 is 0. The van der Waals surface area contributed by atoms with Crippen molar-refractivity contribution in [3.05, 3.63) is 52.6 Å². The van der Waals surface area contributed by atoms with Crippen LogP contribution in [0.15, 0.2) is 41.2 Å². The molecule has 0 amide bonds. The summed E-state index contributed by atoms with van der Waals surface area (Å²) in [6, 6.07) is 10.3. The third-order valence-electron chi connectivity index (χ3n) is 4.37. The highest BCUT2D eigenvalue weighted by molar-refractivity contribution is 5.86. The van der Waals surface area contributed by atoms with E-state index in [1.807, 2.05) is 6.92 Å². The van der Waals surface area contributed by atoms with E-state index >= 15 is 0 Å². The molecule has 0 N–H and O–H groups in total. The lowest BCUT2D eigenvalue weighted by Crippen LogP contribution is -2.23. The Balaban J connectivity index is 2.12. The zero-order valence-corrected chi connectivity index (χ0v) is 16.3. The van der Waals surface area contributed by atoms with Crippen molar-refractivity contribution in [1.82, 2.24) is 9.55 Å². The summed E-state index contributed by atoms with van der Waals surface area (Å²) in [5, 5.41) is 0.774. The van der Waals surface area contributed by atoms with Crippen molar-refractivity contribution in [3.63, 3.8) is 0 Å². The van der Waals surface area contributed by atoms with E-state index in [0.29, 0.717) is 40.6 Å². The molecule has 1 heterocycles. The van der Waals surface area contributed by atoms with Crippen LogP contribution in [0.2, 0.25) is 0 Å².